The van der Waals surface area contributed by atoms with Crippen LogP contribution in [-0.4, -0.2) is 22.6 Å². The summed E-state index contributed by atoms with van der Waals surface area (Å²) in [5.41, 5.74) is 0. The van der Waals surface area contributed by atoms with E-state index in [0.29, 0.717) is 11.9 Å². The zero-order valence-corrected chi connectivity index (χ0v) is 8.87. The molecule has 0 saturated carbocycles. The molecule has 0 aliphatic carbocycles. The molecule has 0 spiro atoms. The molecule has 0 aliphatic rings. The molecule has 0 atom stereocenters. The van der Waals surface area contributed by atoms with Crippen LogP contribution in [0.3, 0.4) is 0 Å². The van der Waals surface area contributed by atoms with Crippen LogP contribution in [0.1, 0.15) is 27.2 Å². The molecule has 1 aromatic heterocycles. The molecular weight excluding hydrogens is 181 g/mol. The van der Waals surface area contributed by atoms with Crippen molar-refractivity contribution in [3.05, 3.63) is 18.3 Å². The highest BCUT2D eigenvalue weighted by atomic mass is 19.1. The van der Waals surface area contributed by atoms with Gasteiger partial charge in [-0.05, 0) is 20.3 Å². The molecule has 1 aromatic rings. The van der Waals surface area contributed by atoms with Crippen LogP contribution in [0.25, 0.3) is 0 Å². The third kappa shape index (κ3) is 2.65. The first-order chi connectivity index (χ1) is 6.65. The van der Waals surface area contributed by atoms with Crippen LogP contribution >= 0.6 is 0 Å². The Morgan fingerprint density at radius 2 is 2.14 bits per heavy atom. The Bertz CT molecular complexity index is 288. The lowest BCUT2D eigenvalue weighted by atomic mass is 10.3. The highest BCUT2D eigenvalue weighted by molar-refractivity contribution is 5.37. The van der Waals surface area contributed by atoms with Crippen molar-refractivity contribution in [2.24, 2.45) is 0 Å². The van der Waals surface area contributed by atoms with Gasteiger partial charge >= 0.3 is 0 Å². The first kappa shape index (κ1) is 10.9. The van der Waals surface area contributed by atoms with Crippen molar-refractivity contribution in [2.45, 2.75) is 33.2 Å². The third-order valence-electron chi connectivity index (χ3n) is 2.00. The Morgan fingerprint density at radius 3 is 2.64 bits per heavy atom. The fraction of sp³-hybridized carbons (Fsp3) is 0.600. The minimum Gasteiger partial charge on any atom is -0.354 e. The summed E-state index contributed by atoms with van der Waals surface area (Å²) in [5.74, 6) is 0.186. The molecule has 0 radical (unpaired) electrons. The van der Waals surface area contributed by atoms with E-state index in [9.17, 15) is 4.39 Å². The largest absolute Gasteiger partial charge is 0.354 e. The summed E-state index contributed by atoms with van der Waals surface area (Å²) >= 11 is 0. The lowest BCUT2D eigenvalue weighted by Gasteiger charge is -2.27. The van der Waals surface area contributed by atoms with E-state index in [-0.39, 0.29) is 0 Å². The average Bonchev–Trinajstić information content (AvgIpc) is 2.13. The van der Waals surface area contributed by atoms with Crippen LogP contribution in [0.5, 0.6) is 0 Å². The number of hydrogen-bond donors (Lipinski definition) is 0. The Balaban J connectivity index is 2.87. The summed E-state index contributed by atoms with van der Waals surface area (Å²) < 4.78 is 12.9. The molecule has 0 unspecified atom stereocenters. The van der Waals surface area contributed by atoms with Crippen LogP contribution in [0, 0.1) is 5.95 Å². The number of anilines is 1. The van der Waals surface area contributed by atoms with Gasteiger partial charge in [0.05, 0.1) is 0 Å². The van der Waals surface area contributed by atoms with Gasteiger partial charge in [0, 0.05) is 18.7 Å². The second-order valence-corrected chi connectivity index (χ2v) is 3.49. The fourth-order valence-electron chi connectivity index (χ4n) is 1.36. The number of hydrogen-bond acceptors (Lipinski definition) is 3. The van der Waals surface area contributed by atoms with Crippen LogP contribution in [0.15, 0.2) is 12.4 Å². The molecule has 0 amide bonds. The summed E-state index contributed by atoms with van der Waals surface area (Å²) in [4.78, 5) is 9.55. The molecule has 0 aliphatic heterocycles. The summed E-state index contributed by atoms with van der Waals surface area (Å²) in [5, 5.41) is 0. The van der Waals surface area contributed by atoms with Crippen molar-refractivity contribution in [3.63, 3.8) is 0 Å². The van der Waals surface area contributed by atoms with Crippen molar-refractivity contribution < 1.29 is 4.39 Å². The SMILES string of the molecule is CCCN(c1cc(F)ncn1)C(C)C. The van der Waals surface area contributed by atoms with E-state index in [2.05, 4.69) is 35.6 Å². The number of rotatable bonds is 4. The van der Waals surface area contributed by atoms with E-state index < -0.39 is 5.95 Å². The van der Waals surface area contributed by atoms with Crippen molar-refractivity contribution in [1.29, 1.82) is 0 Å². The molecule has 14 heavy (non-hydrogen) atoms. The van der Waals surface area contributed by atoms with Crippen molar-refractivity contribution >= 4 is 5.82 Å². The Kier molecular flexibility index (Phi) is 3.80. The van der Waals surface area contributed by atoms with Crippen LogP contribution in [-0.2, 0) is 0 Å². The quantitative estimate of drug-likeness (QED) is 0.693. The zero-order valence-electron chi connectivity index (χ0n) is 8.87. The molecule has 78 valence electrons. The lowest BCUT2D eigenvalue weighted by molar-refractivity contribution is 0.573. The van der Waals surface area contributed by atoms with Crippen LogP contribution < -0.4 is 4.90 Å². The van der Waals surface area contributed by atoms with Gasteiger partial charge in [-0.1, -0.05) is 6.92 Å². The van der Waals surface area contributed by atoms with Crippen LogP contribution in [0.2, 0.25) is 0 Å². The van der Waals surface area contributed by atoms with Gasteiger partial charge in [0.1, 0.15) is 12.1 Å². The van der Waals surface area contributed by atoms with Gasteiger partial charge in [-0.3, -0.25) is 0 Å². The van der Waals surface area contributed by atoms with Gasteiger partial charge in [0.15, 0.2) is 0 Å². The van der Waals surface area contributed by atoms with E-state index in [1.165, 1.54) is 12.4 Å². The Hall–Kier alpha value is -1.19. The first-order valence-electron chi connectivity index (χ1n) is 4.89. The summed E-state index contributed by atoms with van der Waals surface area (Å²) in [6.45, 7) is 7.10. The average molecular weight is 197 g/mol. The van der Waals surface area contributed by atoms with E-state index in [1.54, 1.807) is 0 Å². The van der Waals surface area contributed by atoms with Gasteiger partial charge < -0.3 is 4.90 Å². The van der Waals surface area contributed by atoms with E-state index in [1.807, 2.05) is 0 Å². The monoisotopic (exact) mass is 197 g/mol. The number of aromatic nitrogens is 2. The number of nitrogens with zero attached hydrogens (tertiary/aromatic N) is 3. The lowest BCUT2D eigenvalue weighted by Crippen LogP contribution is -2.32. The molecule has 0 bridgehead atoms. The van der Waals surface area contributed by atoms with Crippen molar-refractivity contribution in [3.8, 4) is 0 Å². The maximum atomic E-state index is 12.9. The molecule has 1 rings (SSSR count). The summed E-state index contributed by atoms with van der Waals surface area (Å²) in [6.07, 6.45) is 2.28. The maximum absolute atomic E-state index is 12.9. The van der Waals surface area contributed by atoms with Crippen LogP contribution in [0.4, 0.5) is 10.2 Å². The Morgan fingerprint density at radius 1 is 1.43 bits per heavy atom. The predicted octanol–water partition coefficient (Wildman–Crippen LogP) is 2.24. The molecular formula is C10H16FN3. The fourth-order valence-corrected chi connectivity index (χ4v) is 1.36. The summed E-state index contributed by atoms with van der Waals surface area (Å²) in [6, 6.07) is 1.69. The topological polar surface area (TPSA) is 29.0 Å². The second kappa shape index (κ2) is 4.88. The first-order valence-corrected chi connectivity index (χ1v) is 4.89. The molecule has 0 fully saturated rings. The van der Waals surface area contributed by atoms with E-state index in [0.717, 1.165) is 13.0 Å². The van der Waals surface area contributed by atoms with E-state index in [4.69, 9.17) is 0 Å². The molecule has 1 heterocycles. The van der Waals surface area contributed by atoms with Crippen molar-refractivity contribution in [1.82, 2.24) is 9.97 Å². The second-order valence-electron chi connectivity index (χ2n) is 3.49. The molecule has 0 saturated heterocycles. The van der Waals surface area contributed by atoms with Gasteiger partial charge in [-0.25, -0.2) is 9.97 Å². The molecule has 3 nitrogen and oxygen atoms in total. The van der Waals surface area contributed by atoms with Gasteiger partial charge in [0.2, 0.25) is 5.95 Å². The summed E-state index contributed by atoms with van der Waals surface area (Å²) in [7, 11) is 0. The van der Waals surface area contributed by atoms with Crippen molar-refractivity contribution in [2.75, 3.05) is 11.4 Å². The zero-order chi connectivity index (χ0) is 10.6. The molecule has 0 N–H and O–H groups in total. The molecule has 4 heteroatoms. The minimum atomic E-state index is -0.475. The number of halogens is 1. The third-order valence-corrected chi connectivity index (χ3v) is 2.00. The normalized spacial score (nSPS) is 10.6. The highest BCUT2D eigenvalue weighted by Crippen LogP contribution is 2.13. The highest BCUT2D eigenvalue weighted by Gasteiger charge is 2.11. The Labute approximate surface area is 84.0 Å². The minimum absolute atomic E-state index is 0.323. The van der Waals surface area contributed by atoms with E-state index >= 15 is 0 Å². The van der Waals surface area contributed by atoms with Gasteiger partial charge in [-0.2, -0.15) is 4.39 Å². The smallest absolute Gasteiger partial charge is 0.218 e. The van der Waals surface area contributed by atoms with Gasteiger partial charge in [0.25, 0.3) is 0 Å². The molecule has 0 aromatic carbocycles. The standard InChI is InChI=1S/C10H16FN3/c1-4-5-14(8(2)3)10-6-9(11)12-7-13-10/h6-8H,4-5H2,1-3H3. The predicted molar refractivity (Wildman–Crippen MR) is 54.8 cm³/mol. The van der Waals surface area contributed by atoms with Gasteiger partial charge in [-0.15, -0.1) is 0 Å². The maximum Gasteiger partial charge on any atom is 0.218 e.